The predicted molar refractivity (Wildman–Crippen MR) is 99.2 cm³/mol. The standard InChI is InChI=1S/C18H21ClN2O4/c1-24-16-8-7-12(9-17(16)25-2)21-18(23)14-5-3-4-6-15(14)20-11-13(22)10-19/h3-9,13,20,22H,10-11H2,1-2H3,(H,21,23). The molecule has 6 nitrogen and oxygen atoms in total. The molecule has 2 aromatic rings. The molecule has 0 heterocycles. The van der Waals surface area contributed by atoms with E-state index in [0.29, 0.717) is 28.4 Å². The number of aliphatic hydroxyl groups excluding tert-OH is 1. The number of hydrogen-bond donors (Lipinski definition) is 3. The fraction of sp³-hybridized carbons (Fsp3) is 0.278. The molecule has 2 aromatic carbocycles. The van der Waals surface area contributed by atoms with Gasteiger partial charge in [-0.15, -0.1) is 11.6 Å². The van der Waals surface area contributed by atoms with Crippen LogP contribution in [0.1, 0.15) is 10.4 Å². The number of aliphatic hydroxyl groups is 1. The summed E-state index contributed by atoms with van der Waals surface area (Å²) < 4.78 is 10.4. The van der Waals surface area contributed by atoms with Crippen LogP contribution in [0.5, 0.6) is 11.5 Å². The van der Waals surface area contributed by atoms with Crippen molar-refractivity contribution in [1.82, 2.24) is 0 Å². The van der Waals surface area contributed by atoms with Gasteiger partial charge in [0.25, 0.3) is 5.91 Å². The molecule has 134 valence electrons. The highest BCUT2D eigenvalue weighted by molar-refractivity contribution is 6.18. The van der Waals surface area contributed by atoms with Gasteiger partial charge in [-0.05, 0) is 24.3 Å². The minimum absolute atomic E-state index is 0.118. The summed E-state index contributed by atoms with van der Waals surface area (Å²) in [7, 11) is 3.08. The minimum atomic E-state index is -0.691. The van der Waals surface area contributed by atoms with Crippen LogP contribution in [0.3, 0.4) is 0 Å². The van der Waals surface area contributed by atoms with E-state index in [2.05, 4.69) is 10.6 Å². The van der Waals surface area contributed by atoms with Crippen LogP contribution in [0.25, 0.3) is 0 Å². The third-order valence-corrected chi connectivity index (χ3v) is 3.88. The van der Waals surface area contributed by atoms with Crippen molar-refractivity contribution in [1.29, 1.82) is 0 Å². The SMILES string of the molecule is COc1ccc(NC(=O)c2ccccc2NCC(O)CCl)cc1OC. The fourth-order valence-electron chi connectivity index (χ4n) is 2.23. The Balaban J connectivity index is 2.16. The van der Waals surface area contributed by atoms with Gasteiger partial charge in [-0.1, -0.05) is 12.1 Å². The van der Waals surface area contributed by atoms with Crippen molar-refractivity contribution in [3.05, 3.63) is 48.0 Å². The van der Waals surface area contributed by atoms with Gasteiger partial charge in [0.05, 0.1) is 31.8 Å². The molecule has 0 aliphatic heterocycles. The molecule has 0 radical (unpaired) electrons. The van der Waals surface area contributed by atoms with Crippen LogP contribution in [0, 0.1) is 0 Å². The number of anilines is 2. The van der Waals surface area contributed by atoms with E-state index >= 15 is 0 Å². The van der Waals surface area contributed by atoms with Crippen LogP contribution in [0.2, 0.25) is 0 Å². The minimum Gasteiger partial charge on any atom is -0.493 e. The molecule has 0 saturated carbocycles. The first-order chi connectivity index (χ1) is 12.1. The van der Waals surface area contributed by atoms with Crippen molar-refractivity contribution >= 4 is 28.9 Å². The van der Waals surface area contributed by atoms with E-state index in [-0.39, 0.29) is 18.3 Å². The molecule has 1 unspecified atom stereocenters. The number of alkyl halides is 1. The Kier molecular flexibility index (Phi) is 6.91. The maximum atomic E-state index is 12.6. The molecule has 0 fully saturated rings. The number of para-hydroxylation sites is 1. The lowest BCUT2D eigenvalue weighted by atomic mass is 10.1. The van der Waals surface area contributed by atoms with Gasteiger partial charge >= 0.3 is 0 Å². The number of halogens is 1. The smallest absolute Gasteiger partial charge is 0.257 e. The number of benzene rings is 2. The van der Waals surface area contributed by atoms with E-state index in [1.54, 1.807) is 43.5 Å². The van der Waals surface area contributed by atoms with Gasteiger partial charge in [0.15, 0.2) is 11.5 Å². The molecule has 1 atom stereocenters. The molecule has 0 bridgehead atoms. The molecule has 25 heavy (non-hydrogen) atoms. The van der Waals surface area contributed by atoms with Gasteiger partial charge in [-0.3, -0.25) is 4.79 Å². The number of amides is 1. The molecular weight excluding hydrogens is 344 g/mol. The van der Waals surface area contributed by atoms with E-state index in [4.69, 9.17) is 21.1 Å². The second-order valence-corrected chi connectivity index (χ2v) is 5.57. The van der Waals surface area contributed by atoms with E-state index in [1.165, 1.54) is 7.11 Å². The highest BCUT2D eigenvalue weighted by atomic mass is 35.5. The molecule has 0 saturated heterocycles. The molecule has 1 amide bonds. The second-order valence-electron chi connectivity index (χ2n) is 5.26. The summed E-state index contributed by atoms with van der Waals surface area (Å²) in [6.45, 7) is 0.254. The summed E-state index contributed by atoms with van der Waals surface area (Å²) in [4.78, 5) is 12.6. The molecule has 0 aromatic heterocycles. The largest absolute Gasteiger partial charge is 0.493 e. The third kappa shape index (κ3) is 5.01. The van der Waals surface area contributed by atoms with E-state index in [0.717, 1.165) is 0 Å². The number of carbonyl (C=O) groups is 1. The van der Waals surface area contributed by atoms with Crippen LogP contribution in [0.15, 0.2) is 42.5 Å². The summed E-state index contributed by atoms with van der Waals surface area (Å²) in [5.41, 5.74) is 1.65. The summed E-state index contributed by atoms with van der Waals surface area (Å²) in [6, 6.07) is 12.2. The van der Waals surface area contributed by atoms with E-state index < -0.39 is 6.10 Å². The van der Waals surface area contributed by atoms with Crippen molar-refractivity contribution < 1.29 is 19.4 Å². The average molecular weight is 365 g/mol. The van der Waals surface area contributed by atoms with Crippen molar-refractivity contribution in [2.45, 2.75) is 6.10 Å². The van der Waals surface area contributed by atoms with Crippen molar-refractivity contribution in [2.24, 2.45) is 0 Å². The quantitative estimate of drug-likeness (QED) is 0.627. The molecule has 0 spiro atoms. The maximum absolute atomic E-state index is 12.6. The molecule has 7 heteroatoms. The summed E-state index contributed by atoms with van der Waals surface area (Å²) >= 11 is 5.59. The topological polar surface area (TPSA) is 79.8 Å². The van der Waals surface area contributed by atoms with Crippen LogP contribution in [0.4, 0.5) is 11.4 Å². The lowest BCUT2D eigenvalue weighted by Crippen LogP contribution is -2.22. The molecule has 0 aliphatic carbocycles. The molecule has 3 N–H and O–H groups in total. The Hall–Kier alpha value is -2.44. The normalized spacial score (nSPS) is 11.5. The number of methoxy groups -OCH3 is 2. The van der Waals surface area contributed by atoms with Gasteiger partial charge < -0.3 is 25.2 Å². The number of rotatable bonds is 8. The Labute approximate surface area is 151 Å². The number of carbonyl (C=O) groups excluding carboxylic acids is 1. The number of hydrogen-bond acceptors (Lipinski definition) is 5. The average Bonchev–Trinajstić information content (AvgIpc) is 2.66. The fourth-order valence-corrected chi connectivity index (χ4v) is 2.34. The van der Waals surface area contributed by atoms with Gasteiger partial charge in [0, 0.05) is 24.0 Å². The Bertz CT molecular complexity index is 724. The molecular formula is C18H21ClN2O4. The highest BCUT2D eigenvalue weighted by Gasteiger charge is 2.13. The Morgan fingerprint density at radius 1 is 1.16 bits per heavy atom. The first-order valence-electron chi connectivity index (χ1n) is 7.69. The zero-order chi connectivity index (χ0) is 18.2. The van der Waals surface area contributed by atoms with Crippen molar-refractivity contribution in [3.8, 4) is 11.5 Å². The van der Waals surface area contributed by atoms with Gasteiger partial charge in [-0.2, -0.15) is 0 Å². The third-order valence-electron chi connectivity index (χ3n) is 3.52. The van der Waals surface area contributed by atoms with Crippen LogP contribution >= 0.6 is 11.6 Å². The van der Waals surface area contributed by atoms with E-state index in [9.17, 15) is 9.90 Å². The number of ether oxygens (including phenoxy) is 2. The van der Waals surface area contributed by atoms with Crippen LogP contribution < -0.4 is 20.1 Å². The molecule has 0 aliphatic rings. The highest BCUT2D eigenvalue weighted by Crippen LogP contribution is 2.30. The Morgan fingerprint density at radius 2 is 1.88 bits per heavy atom. The summed E-state index contributed by atoms with van der Waals surface area (Å²) in [5, 5.41) is 15.4. The predicted octanol–water partition coefficient (Wildman–Crippen LogP) is 2.97. The number of nitrogens with one attached hydrogen (secondary N) is 2. The monoisotopic (exact) mass is 364 g/mol. The maximum Gasteiger partial charge on any atom is 0.257 e. The zero-order valence-electron chi connectivity index (χ0n) is 14.1. The second kappa shape index (κ2) is 9.15. The lowest BCUT2D eigenvalue weighted by molar-refractivity contribution is 0.102. The van der Waals surface area contributed by atoms with Crippen molar-refractivity contribution in [3.63, 3.8) is 0 Å². The van der Waals surface area contributed by atoms with Crippen LogP contribution in [-0.2, 0) is 0 Å². The van der Waals surface area contributed by atoms with Gasteiger partial charge in [-0.25, -0.2) is 0 Å². The first kappa shape index (κ1) is 18.9. The lowest BCUT2D eigenvalue weighted by Gasteiger charge is -2.15. The Morgan fingerprint density at radius 3 is 2.56 bits per heavy atom. The van der Waals surface area contributed by atoms with Crippen LogP contribution in [-0.4, -0.2) is 43.8 Å². The zero-order valence-corrected chi connectivity index (χ0v) is 14.8. The first-order valence-corrected chi connectivity index (χ1v) is 8.22. The molecule has 2 rings (SSSR count). The summed E-state index contributed by atoms with van der Waals surface area (Å²) in [6.07, 6.45) is -0.691. The summed E-state index contributed by atoms with van der Waals surface area (Å²) in [5.74, 6) is 0.942. The van der Waals surface area contributed by atoms with Gasteiger partial charge in [0.1, 0.15) is 0 Å². The van der Waals surface area contributed by atoms with Crippen molar-refractivity contribution in [2.75, 3.05) is 37.3 Å². The van der Waals surface area contributed by atoms with E-state index in [1.807, 2.05) is 6.07 Å². The van der Waals surface area contributed by atoms with Gasteiger partial charge in [0.2, 0.25) is 0 Å².